The van der Waals surface area contributed by atoms with Crippen molar-refractivity contribution in [1.82, 2.24) is 9.71 Å². The van der Waals surface area contributed by atoms with Gasteiger partial charge in [0.15, 0.2) is 0 Å². The monoisotopic (exact) mass is 329 g/mol. The van der Waals surface area contributed by atoms with E-state index < -0.39 is 21.9 Å². The van der Waals surface area contributed by atoms with Crippen molar-refractivity contribution in [2.75, 3.05) is 0 Å². The third-order valence-electron chi connectivity index (χ3n) is 2.98. The van der Waals surface area contributed by atoms with Crippen LogP contribution in [0, 0.1) is 5.82 Å². The molecule has 0 radical (unpaired) electrons. The van der Waals surface area contributed by atoms with Crippen LogP contribution in [0.3, 0.4) is 0 Å². The molecule has 1 aromatic carbocycles. The Kier molecular flexibility index (Phi) is 5.04. The molecule has 0 spiro atoms. The van der Waals surface area contributed by atoms with Crippen LogP contribution in [-0.4, -0.2) is 13.4 Å². The van der Waals surface area contributed by atoms with Crippen LogP contribution in [-0.2, 0) is 16.6 Å². The highest BCUT2D eigenvalue weighted by Crippen LogP contribution is 2.23. The number of hydrogen-bond donors (Lipinski definition) is 2. The lowest BCUT2D eigenvalue weighted by Crippen LogP contribution is -2.29. The van der Waals surface area contributed by atoms with E-state index in [1.807, 2.05) is 6.92 Å². The fraction of sp³-hybridized carbons (Fsp3) is 0.308. The zero-order valence-corrected chi connectivity index (χ0v) is 13.0. The van der Waals surface area contributed by atoms with Crippen LogP contribution in [0.15, 0.2) is 34.7 Å². The summed E-state index contributed by atoms with van der Waals surface area (Å²) in [6.07, 6.45) is 2.12. The standard InChI is InChI=1S/C13H16FN3O2S2/c1-2-11(13-16-5-6-20-13)17-21(18,19)12-7-9(8-15)3-4-10(12)14/h3-7,11,17H,2,8,15H2,1H3. The molecule has 0 amide bonds. The molecule has 1 unspecified atom stereocenters. The average molecular weight is 329 g/mol. The van der Waals surface area contributed by atoms with Crippen LogP contribution in [0.2, 0.25) is 0 Å². The first-order chi connectivity index (χ1) is 9.97. The SMILES string of the molecule is CCC(NS(=O)(=O)c1cc(CN)ccc1F)c1nccs1. The minimum absolute atomic E-state index is 0.145. The molecule has 2 rings (SSSR count). The van der Waals surface area contributed by atoms with Crippen molar-refractivity contribution in [3.05, 3.63) is 46.2 Å². The third-order valence-corrected chi connectivity index (χ3v) is 5.35. The highest BCUT2D eigenvalue weighted by atomic mass is 32.2. The van der Waals surface area contributed by atoms with E-state index in [4.69, 9.17) is 5.73 Å². The van der Waals surface area contributed by atoms with Gasteiger partial charge in [-0.1, -0.05) is 13.0 Å². The number of hydrogen-bond acceptors (Lipinski definition) is 5. The van der Waals surface area contributed by atoms with Gasteiger partial charge in [0.2, 0.25) is 10.0 Å². The highest BCUT2D eigenvalue weighted by molar-refractivity contribution is 7.89. The Morgan fingerprint density at radius 3 is 2.81 bits per heavy atom. The molecular weight excluding hydrogens is 313 g/mol. The number of nitrogens with zero attached hydrogens (tertiary/aromatic N) is 1. The molecule has 3 N–H and O–H groups in total. The number of rotatable bonds is 6. The van der Waals surface area contributed by atoms with E-state index in [0.29, 0.717) is 17.0 Å². The molecule has 1 aromatic heterocycles. The summed E-state index contributed by atoms with van der Waals surface area (Å²) in [4.78, 5) is 3.71. The number of nitrogens with two attached hydrogens (primary N) is 1. The Morgan fingerprint density at radius 1 is 1.48 bits per heavy atom. The van der Waals surface area contributed by atoms with E-state index >= 15 is 0 Å². The Balaban J connectivity index is 2.34. The van der Waals surface area contributed by atoms with Crippen molar-refractivity contribution >= 4 is 21.4 Å². The van der Waals surface area contributed by atoms with Crippen LogP contribution in [0.4, 0.5) is 4.39 Å². The van der Waals surface area contributed by atoms with E-state index in [0.717, 1.165) is 6.07 Å². The lowest BCUT2D eigenvalue weighted by atomic mass is 10.2. The summed E-state index contributed by atoms with van der Waals surface area (Å²) >= 11 is 1.35. The molecule has 0 saturated carbocycles. The fourth-order valence-electron chi connectivity index (χ4n) is 1.85. The van der Waals surface area contributed by atoms with Crippen LogP contribution < -0.4 is 10.5 Å². The molecule has 8 heteroatoms. The van der Waals surface area contributed by atoms with Crippen molar-refractivity contribution in [2.45, 2.75) is 30.8 Å². The predicted octanol–water partition coefficient (Wildman–Crippen LogP) is 2.17. The van der Waals surface area contributed by atoms with Gasteiger partial charge in [-0.2, -0.15) is 0 Å². The summed E-state index contributed by atoms with van der Waals surface area (Å²) in [7, 11) is -3.97. The lowest BCUT2D eigenvalue weighted by molar-refractivity contribution is 0.534. The van der Waals surface area contributed by atoms with E-state index in [1.54, 1.807) is 11.6 Å². The second-order valence-corrected chi connectivity index (χ2v) is 7.03. The van der Waals surface area contributed by atoms with Gasteiger partial charge in [0, 0.05) is 18.1 Å². The molecule has 114 valence electrons. The fourth-order valence-corrected chi connectivity index (χ4v) is 4.10. The van der Waals surface area contributed by atoms with Gasteiger partial charge in [-0.3, -0.25) is 0 Å². The van der Waals surface area contributed by atoms with Crippen LogP contribution in [0.25, 0.3) is 0 Å². The first-order valence-corrected chi connectivity index (χ1v) is 8.74. The molecular formula is C13H16FN3O2S2. The van der Waals surface area contributed by atoms with Gasteiger partial charge < -0.3 is 5.73 Å². The molecule has 0 aliphatic rings. The van der Waals surface area contributed by atoms with Crippen molar-refractivity contribution in [3.8, 4) is 0 Å². The van der Waals surface area contributed by atoms with Crippen LogP contribution >= 0.6 is 11.3 Å². The maximum absolute atomic E-state index is 13.8. The molecule has 1 heterocycles. The summed E-state index contributed by atoms with van der Waals surface area (Å²) in [6.45, 7) is 1.98. The maximum atomic E-state index is 13.8. The Bertz CT molecular complexity index is 702. The van der Waals surface area contributed by atoms with Gasteiger partial charge in [-0.25, -0.2) is 22.5 Å². The van der Waals surface area contributed by atoms with Gasteiger partial charge in [0.25, 0.3) is 0 Å². The Labute approximate surface area is 127 Å². The smallest absolute Gasteiger partial charge is 0.244 e. The van der Waals surface area contributed by atoms with E-state index in [9.17, 15) is 12.8 Å². The molecule has 0 aliphatic carbocycles. The zero-order valence-electron chi connectivity index (χ0n) is 11.4. The number of benzene rings is 1. The van der Waals surface area contributed by atoms with E-state index in [1.165, 1.54) is 23.5 Å². The molecule has 5 nitrogen and oxygen atoms in total. The largest absolute Gasteiger partial charge is 0.326 e. The minimum atomic E-state index is -3.97. The van der Waals surface area contributed by atoms with Gasteiger partial charge in [-0.15, -0.1) is 11.3 Å². The molecule has 2 aromatic rings. The van der Waals surface area contributed by atoms with Crippen molar-refractivity contribution in [3.63, 3.8) is 0 Å². The lowest BCUT2D eigenvalue weighted by Gasteiger charge is -2.15. The maximum Gasteiger partial charge on any atom is 0.244 e. The number of halogens is 1. The van der Waals surface area contributed by atoms with E-state index in [-0.39, 0.29) is 11.4 Å². The average Bonchev–Trinajstić information content (AvgIpc) is 2.99. The molecule has 21 heavy (non-hydrogen) atoms. The van der Waals surface area contributed by atoms with E-state index in [2.05, 4.69) is 9.71 Å². The molecule has 0 aliphatic heterocycles. The molecule has 0 bridgehead atoms. The summed E-state index contributed by atoms with van der Waals surface area (Å²) in [5.41, 5.74) is 6.03. The van der Waals surface area contributed by atoms with Gasteiger partial charge in [0.05, 0.1) is 6.04 Å². The van der Waals surface area contributed by atoms with Crippen molar-refractivity contribution in [2.24, 2.45) is 5.73 Å². The predicted molar refractivity (Wildman–Crippen MR) is 79.8 cm³/mol. The number of aromatic nitrogens is 1. The molecule has 1 atom stereocenters. The Hall–Kier alpha value is -1.35. The van der Waals surface area contributed by atoms with Crippen LogP contribution in [0.1, 0.15) is 30.0 Å². The summed E-state index contributed by atoms with van der Waals surface area (Å²) < 4.78 is 41.1. The quantitative estimate of drug-likeness (QED) is 0.850. The second-order valence-electron chi connectivity index (χ2n) is 4.42. The summed E-state index contributed by atoms with van der Waals surface area (Å²) in [5.74, 6) is -0.798. The topological polar surface area (TPSA) is 85.1 Å². The van der Waals surface area contributed by atoms with Gasteiger partial charge in [-0.05, 0) is 24.1 Å². The first kappa shape index (κ1) is 16.0. The number of nitrogens with one attached hydrogen (secondary N) is 1. The second kappa shape index (κ2) is 6.61. The number of thiazole rings is 1. The molecule has 0 fully saturated rings. The van der Waals surface area contributed by atoms with Crippen molar-refractivity contribution in [1.29, 1.82) is 0 Å². The summed E-state index contributed by atoms with van der Waals surface area (Å²) in [5, 5.41) is 2.42. The number of sulfonamides is 1. The molecule has 0 saturated heterocycles. The third kappa shape index (κ3) is 3.65. The van der Waals surface area contributed by atoms with Crippen molar-refractivity contribution < 1.29 is 12.8 Å². The summed E-state index contributed by atoms with van der Waals surface area (Å²) in [6, 6.07) is 3.36. The zero-order chi connectivity index (χ0) is 15.5. The first-order valence-electron chi connectivity index (χ1n) is 6.38. The minimum Gasteiger partial charge on any atom is -0.326 e. The van der Waals surface area contributed by atoms with Gasteiger partial charge in [0.1, 0.15) is 15.7 Å². The van der Waals surface area contributed by atoms with Gasteiger partial charge >= 0.3 is 0 Å². The normalized spacial score (nSPS) is 13.3. The van der Waals surface area contributed by atoms with Crippen LogP contribution in [0.5, 0.6) is 0 Å². The highest BCUT2D eigenvalue weighted by Gasteiger charge is 2.24. The Morgan fingerprint density at radius 2 is 2.24 bits per heavy atom.